The first-order valence-electron chi connectivity index (χ1n) is 17.7. The van der Waals surface area contributed by atoms with E-state index in [1.165, 1.54) is 0 Å². The van der Waals surface area contributed by atoms with Crippen LogP contribution in [0.15, 0.2) is 147 Å². The molecule has 10 rings (SSSR count). The molecule has 0 spiro atoms. The second-order valence-electron chi connectivity index (χ2n) is 13.0. The highest BCUT2D eigenvalue weighted by atomic mass is 14.8. The van der Waals surface area contributed by atoms with Gasteiger partial charge in [-0.1, -0.05) is 24.3 Å². The van der Waals surface area contributed by atoms with Gasteiger partial charge in [0.05, 0.1) is 22.8 Å². The van der Waals surface area contributed by atoms with E-state index in [4.69, 9.17) is 9.97 Å². The van der Waals surface area contributed by atoms with Gasteiger partial charge in [-0.05, 0) is 130 Å². The zero-order chi connectivity index (χ0) is 35.8. The van der Waals surface area contributed by atoms with E-state index in [-0.39, 0.29) is 0 Å². The Hall–Kier alpha value is -7.58. The van der Waals surface area contributed by atoms with Crippen LogP contribution in [0.3, 0.4) is 0 Å². The van der Waals surface area contributed by atoms with E-state index in [9.17, 15) is 0 Å². The lowest BCUT2D eigenvalue weighted by molar-refractivity contribution is 1.29. The van der Waals surface area contributed by atoms with Gasteiger partial charge in [-0.2, -0.15) is 0 Å². The van der Waals surface area contributed by atoms with E-state index in [0.717, 1.165) is 100 Å². The molecule has 0 fully saturated rings. The molecule has 8 bridgehead atoms. The van der Waals surface area contributed by atoms with Crippen LogP contribution < -0.4 is 0 Å². The number of pyridine rings is 4. The topological polar surface area (TPSA) is 109 Å². The van der Waals surface area contributed by atoms with Gasteiger partial charge >= 0.3 is 0 Å². The molecule has 9 heterocycles. The highest BCUT2D eigenvalue weighted by Crippen LogP contribution is 2.38. The van der Waals surface area contributed by atoms with Crippen molar-refractivity contribution in [3.05, 3.63) is 169 Å². The molecule has 0 atom stereocenters. The number of hydrogen-bond donors (Lipinski definition) is 2. The summed E-state index contributed by atoms with van der Waals surface area (Å²) >= 11 is 0. The van der Waals surface area contributed by atoms with Crippen molar-refractivity contribution in [2.75, 3.05) is 0 Å². The second kappa shape index (κ2) is 13.2. The molecule has 2 N–H and O–H groups in total. The fourth-order valence-electron chi connectivity index (χ4n) is 7.35. The summed E-state index contributed by atoms with van der Waals surface area (Å²) in [5.41, 5.74) is 17.3. The largest absolute Gasteiger partial charge is 0.354 e. The Labute approximate surface area is 310 Å². The molecule has 54 heavy (non-hydrogen) atoms. The molecule has 8 heteroatoms. The van der Waals surface area contributed by atoms with E-state index in [1.54, 1.807) is 0 Å². The third-order valence-corrected chi connectivity index (χ3v) is 9.85. The van der Waals surface area contributed by atoms with Gasteiger partial charge in [0, 0.05) is 93.9 Å². The van der Waals surface area contributed by atoms with Crippen LogP contribution in [0.4, 0.5) is 0 Å². The van der Waals surface area contributed by atoms with E-state index >= 15 is 0 Å². The van der Waals surface area contributed by atoms with Crippen LogP contribution >= 0.6 is 0 Å². The number of H-pyrrole nitrogens is 2. The maximum atomic E-state index is 5.38. The number of benzene rings is 1. The first-order chi connectivity index (χ1) is 26.8. The van der Waals surface area contributed by atoms with Gasteiger partial charge in [-0.25, -0.2) is 9.97 Å². The summed E-state index contributed by atoms with van der Waals surface area (Å²) in [7, 11) is 0. The van der Waals surface area contributed by atoms with Crippen LogP contribution in [-0.2, 0) is 0 Å². The van der Waals surface area contributed by atoms with E-state index in [0.29, 0.717) is 0 Å². The maximum Gasteiger partial charge on any atom is 0.0737 e. The third kappa shape index (κ3) is 5.59. The van der Waals surface area contributed by atoms with Crippen molar-refractivity contribution in [3.8, 4) is 55.6 Å². The molecule has 0 unspecified atom stereocenters. The van der Waals surface area contributed by atoms with Gasteiger partial charge in [0.2, 0.25) is 0 Å². The van der Waals surface area contributed by atoms with Crippen LogP contribution in [0.25, 0.3) is 102 Å². The number of hydrogen-bond acceptors (Lipinski definition) is 6. The first-order valence-corrected chi connectivity index (χ1v) is 17.7. The Kier molecular flexibility index (Phi) is 7.62. The SMILES string of the molecule is C1=Cc2nc1c(-c1ccncc1)c1ccc([nH]1)c(-c1ccncc1)c1nc(c(-c3ccc(-c4ccncc4)cc3)c3ccc([nH]3)c2-c2ccncc2)C=C1. The van der Waals surface area contributed by atoms with Gasteiger partial charge in [-0.15, -0.1) is 0 Å². The molecule has 8 nitrogen and oxygen atoms in total. The molecule has 8 aromatic rings. The number of aromatic amines is 2. The number of rotatable bonds is 5. The summed E-state index contributed by atoms with van der Waals surface area (Å²) in [6.07, 6.45) is 22.9. The number of nitrogens with zero attached hydrogens (tertiary/aromatic N) is 6. The summed E-state index contributed by atoms with van der Waals surface area (Å²) in [5, 5.41) is 0. The quantitative estimate of drug-likeness (QED) is 0.186. The molecule has 0 radical (unpaired) electrons. The minimum atomic E-state index is 0.843. The maximum absolute atomic E-state index is 5.38. The zero-order valence-electron chi connectivity index (χ0n) is 28.8. The van der Waals surface area contributed by atoms with Crippen molar-refractivity contribution < 1.29 is 0 Å². The van der Waals surface area contributed by atoms with E-state index in [2.05, 4.69) is 103 Å². The fraction of sp³-hybridized carbons (Fsp3) is 0. The number of fused-ring (bicyclic) bond motifs is 8. The van der Waals surface area contributed by atoms with Crippen molar-refractivity contribution in [3.63, 3.8) is 0 Å². The van der Waals surface area contributed by atoms with Gasteiger partial charge in [0.15, 0.2) is 0 Å². The minimum Gasteiger partial charge on any atom is -0.354 e. The molecule has 7 aromatic heterocycles. The summed E-state index contributed by atoms with van der Waals surface area (Å²) in [6.45, 7) is 0. The van der Waals surface area contributed by atoms with Gasteiger partial charge in [-0.3, -0.25) is 19.9 Å². The lowest BCUT2D eigenvalue weighted by Crippen LogP contribution is -1.90. The molecule has 2 aliphatic rings. The summed E-state index contributed by atoms with van der Waals surface area (Å²) < 4.78 is 0. The molecule has 254 valence electrons. The normalized spacial score (nSPS) is 11.9. The van der Waals surface area contributed by atoms with Gasteiger partial charge < -0.3 is 9.97 Å². The van der Waals surface area contributed by atoms with Gasteiger partial charge in [0.25, 0.3) is 0 Å². The Morgan fingerprint density at radius 1 is 0.259 bits per heavy atom. The smallest absolute Gasteiger partial charge is 0.0737 e. The Balaban J connectivity index is 1.34. The van der Waals surface area contributed by atoms with Crippen LogP contribution in [0.1, 0.15) is 22.8 Å². The Bertz CT molecular complexity index is 2860. The average Bonchev–Trinajstić information content (AvgIpc) is 4.08. The van der Waals surface area contributed by atoms with Crippen molar-refractivity contribution in [2.45, 2.75) is 0 Å². The summed E-state index contributed by atoms with van der Waals surface area (Å²) in [5.74, 6) is 0. The molecule has 0 aliphatic carbocycles. The molecule has 0 saturated heterocycles. The molecule has 2 aliphatic heterocycles. The molecule has 0 amide bonds. The number of aromatic nitrogens is 8. The second-order valence-corrected chi connectivity index (χ2v) is 13.0. The highest BCUT2D eigenvalue weighted by molar-refractivity contribution is 5.99. The van der Waals surface area contributed by atoms with E-state index in [1.807, 2.05) is 98.1 Å². The standard InChI is InChI=1S/C46H30N8/c1-3-31(4-2-29(1)30-13-21-47-22-14-30)43-35-5-7-37(51-35)44(32-15-23-48-24-16-32)39-9-11-41(53-39)46(34-19-27-50-28-20-34)42-12-10-40(54-42)45(33-17-25-49-26-18-33)38-8-6-36(43)52-38/h1-28,51,54H. The van der Waals surface area contributed by atoms with Gasteiger partial charge in [0.1, 0.15) is 0 Å². The van der Waals surface area contributed by atoms with Crippen LogP contribution in [0.2, 0.25) is 0 Å². The van der Waals surface area contributed by atoms with Crippen molar-refractivity contribution in [1.29, 1.82) is 0 Å². The molecule has 0 saturated carbocycles. The van der Waals surface area contributed by atoms with Crippen molar-refractivity contribution >= 4 is 46.4 Å². The van der Waals surface area contributed by atoms with Crippen LogP contribution in [0.5, 0.6) is 0 Å². The van der Waals surface area contributed by atoms with E-state index < -0.39 is 0 Å². The fourth-order valence-corrected chi connectivity index (χ4v) is 7.35. The predicted octanol–water partition coefficient (Wildman–Crippen LogP) is 10.6. The Morgan fingerprint density at radius 2 is 0.500 bits per heavy atom. The highest BCUT2D eigenvalue weighted by Gasteiger charge is 2.19. The van der Waals surface area contributed by atoms with Crippen LogP contribution in [0, 0.1) is 0 Å². The lowest BCUT2D eigenvalue weighted by Gasteiger charge is -2.07. The molecular formula is C46H30N8. The van der Waals surface area contributed by atoms with Crippen molar-refractivity contribution in [2.24, 2.45) is 0 Å². The number of nitrogens with one attached hydrogen (secondary N) is 2. The molecule has 1 aromatic carbocycles. The zero-order valence-corrected chi connectivity index (χ0v) is 28.8. The predicted molar refractivity (Wildman–Crippen MR) is 217 cm³/mol. The lowest BCUT2D eigenvalue weighted by atomic mass is 10.00. The summed E-state index contributed by atoms with van der Waals surface area (Å²) in [6, 6.07) is 33.3. The monoisotopic (exact) mass is 694 g/mol. The first kappa shape index (κ1) is 31.2. The molecular weight excluding hydrogens is 665 g/mol. The Morgan fingerprint density at radius 3 is 0.815 bits per heavy atom. The average molecular weight is 695 g/mol. The minimum absolute atomic E-state index is 0.843. The third-order valence-electron chi connectivity index (χ3n) is 9.85. The van der Waals surface area contributed by atoms with Crippen molar-refractivity contribution in [1.82, 2.24) is 39.9 Å². The van der Waals surface area contributed by atoms with Crippen LogP contribution in [-0.4, -0.2) is 39.9 Å². The summed E-state index contributed by atoms with van der Waals surface area (Å²) in [4.78, 5) is 35.4.